The molecule has 3 saturated heterocycles. The van der Waals surface area contributed by atoms with Crippen molar-refractivity contribution in [3.05, 3.63) is 65.9 Å². The Hall–Kier alpha value is -4.65. The SMILES string of the molecule is CCCN(CC)c1cccc(-c2nc(NC3CCN(C(=O)C4CCCCC4)CC3)ncc2F)c1.CN1CCC(c2ccc(NC3CCC(=O)NC3=O)cc2F)CC1. The topological polar surface area (TPSA) is 123 Å². The maximum absolute atomic E-state index is 14.7. The summed E-state index contributed by atoms with van der Waals surface area (Å²) >= 11 is 0. The van der Waals surface area contributed by atoms with Crippen molar-refractivity contribution in [1.29, 1.82) is 0 Å². The molecule has 0 radical (unpaired) electrons. The zero-order valence-electron chi connectivity index (χ0n) is 33.9. The molecule has 1 aliphatic carbocycles. The van der Waals surface area contributed by atoms with Gasteiger partial charge in [0.1, 0.15) is 17.6 Å². The predicted molar refractivity (Wildman–Crippen MR) is 221 cm³/mol. The van der Waals surface area contributed by atoms with Gasteiger partial charge in [-0.15, -0.1) is 0 Å². The van der Waals surface area contributed by atoms with Gasteiger partial charge in [-0.25, -0.2) is 18.7 Å². The van der Waals surface area contributed by atoms with Crippen molar-refractivity contribution in [2.24, 2.45) is 5.92 Å². The molecule has 4 aliphatic rings. The van der Waals surface area contributed by atoms with Crippen LogP contribution in [0.15, 0.2) is 48.7 Å². The van der Waals surface area contributed by atoms with E-state index >= 15 is 0 Å². The number of anilines is 3. The molecule has 57 heavy (non-hydrogen) atoms. The average Bonchev–Trinajstić information content (AvgIpc) is 3.23. The number of rotatable bonds is 11. The number of piperidine rings is 3. The quantitative estimate of drug-likeness (QED) is 0.171. The van der Waals surface area contributed by atoms with Gasteiger partial charge >= 0.3 is 0 Å². The van der Waals surface area contributed by atoms with Crippen molar-refractivity contribution in [3.63, 3.8) is 0 Å². The second-order valence-corrected chi connectivity index (χ2v) is 16.1. The number of benzene rings is 2. The first-order chi connectivity index (χ1) is 27.6. The zero-order valence-corrected chi connectivity index (χ0v) is 33.9. The zero-order chi connectivity index (χ0) is 40.3. The molecule has 1 unspecified atom stereocenters. The van der Waals surface area contributed by atoms with E-state index in [2.05, 4.69) is 62.7 Å². The van der Waals surface area contributed by atoms with E-state index in [1.807, 2.05) is 35.2 Å². The molecule has 7 rings (SSSR count). The summed E-state index contributed by atoms with van der Waals surface area (Å²) in [7, 11) is 2.08. The summed E-state index contributed by atoms with van der Waals surface area (Å²) in [4.78, 5) is 51.0. The van der Waals surface area contributed by atoms with Crippen LogP contribution in [0.25, 0.3) is 11.3 Å². The Balaban J connectivity index is 0.000000208. The Morgan fingerprint density at radius 1 is 0.895 bits per heavy atom. The van der Waals surface area contributed by atoms with Crippen molar-refractivity contribution < 1.29 is 23.2 Å². The average molecular weight is 787 g/mol. The van der Waals surface area contributed by atoms with Crippen LogP contribution in [-0.4, -0.2) is 95.9 Å². The number of nitrogens with zero attached hydrogens (tertiary/aromatic N) is 5. The molecular formula is C44H60F2N8O3. The number of hydrogen-bond donors (Lipinski definition) is 3. The first kappa shape index (κ1) is 42.0. The molecule has 1 aromatic heterocycles. The highest BCUT2D eigenvalue weighted by molar-refractivity contribution is 6.01. The van der Waals surface area contributed by atoms with Crippen LogP contribution in [-0.2, 0) is 14.4 Å². The van der Waals surface area contributed by atoms with Gasteiger partial charge in [0.05, 0.1) is 6.20 Å². The second-order valence-electron chi connectivity index (χ2n) is 16.1. The van der Waals surface area contributed by atoms with Crippen molar-refractivity contribution in [2.45, 2.75) is 109 Å². The minimum Gasteiger partial charge on any atom is -0.374 e. The van der Waals surface area contributed by atoms with Crippen molar-refractivity contribution in [3.8, 4) is 11.3 Å². The predicted octanol–water partition coefficient (Wildman–Crippen LogP) is 7.35. The molecule has 2 aromatic carbocycles. The van der Waals surface area contributed by atoms with Crippen LogP contribution in [0.5, 0.6) is 0 Å². The van der Waals surface area contributed by atoms with Gasteiger partial charge in [-0.05, 0) is 114 Å². The lowest BCUT2D eigenvalue weighted by Crippen LogP contribution is -2.47. The molecule has 0 spiro atoms. The number of amides is 3. The van der Waals surface area contributed by atoms with Crippen molar-refractivity contribution in [1.82, 2.24) is 25.1 Å². The smallest absolute Gasteiger partial charge is 0.249 e. The van der Waals surface area contributed by atoms with Gasteiger partial charge in [-0.3, -0.25) is 19.7 Å². The van der Waals surface area contributed by atoms with Crippen LogP contribution in [0.3, 0.4) is 0 Å². The molecule has 308 valence electrons. The number of carbonyl (C=O) groups excluding carboxylic acids is 3. The standard InChI is InChI=1S/C27H38FN5O.C17H22FN3O2/c1-3-15-32(4-2)23-12-8-11-21(18-23)25-24(28)19-29-27(31-25)30-22-13-16-33(17-14-22)26(34)20-9-6-5-7-10-20;1-21-8-6-11(7-9-21)13-3-2-12(10-14(13)18)19-15-4-5-16(22)20-17(15)23/h8,11-12,18-20,22H,3-7,9-10,13-17H2,1-2H3,(H,29,30,31);2-3,10-11,15,19H,4-9H2,1H3,(H,20,22,23). The van der Waals surface area contributed by atoms with E-state index < -0.39 is 11.9 Å². The van der Waals surface area contributed by atoms with E-state index in [-0.39, 0.29) is 35.5 Å². The van der Waals surface area contributed by atoms with Crippen LogP contribution in [0.1, 0.15) is 102 Å². The molecule has 4 heterocycles. The van der Waals surface area contributed by atoms with E-state index in [9.17, 15) is 23.2 Å². The van der Waals surface area contributed by atoms with E-state index in [0.717, 1.165) is 101 Å². The highest BCUT2D eigenvalue weighted by atomic mass is 19.1. The number of nitrogens with one attached hydrogen (secondary N) is 3. The Labute approximate surface area is 336 Å². The number of aromatic nitrogens is 2. The lowest BCUT2D eigenvalue weighted by Gasteiger charge is -2.35. The third kappa shape index (κ3) is 11.3. The summed E-state index contributed by atoms with van der Waals surface area (Å²) in [6.07, 6.45) is 12.4. The highest BCUT2D eigenvalue weighted by Gasteiger charge is 2.30. The number of likely N-dealkylation sites (tertiary alicyclic amines) is 2. The molecule has 3 N–H and O–H groups in total. The first-order valence-electron chi connectivity index (χ1n) is 21.1. The van der Waals surface area contributed by atoms with Crippen LogP contribution in [0.2, 0.25) is 0 Å². The fraction of sp³-hybridized carbons (Fsp3) is 0.568. The van der Waals surface area contributed by atoms with E-state index in [0.29, 0.717) is 36.1 Å². The third-order valence-electron chi connectivity index (χ3n) is 11.9. The van der Waals surface area contributed by atoms with Crippen LogP contribution >= 0.6 is 0 Å². The van der Waals surface area contributed by atoms with Gasteiger partial charge in [0.2, 0.25) is 23.7 Å². The van der Waals surface area contributed by atoms with Crippen LogP contribution < -0.4 is 20.9 Å². The Kier molecular flexibility index (Phi) is 14.8. The largest absolute Gasteiger partial charge is 0.374 e. The number of hydrogen-bond acceptors (Lipinski definition) is 9. The fourth-order valence-corrected chi connectivity index (χ4v) is 8.56. The first-order valence-corrected chi connectivity index (χ1v) is 21.1. The van der Waals surface area contributed by atoms with E-state index in [4.69, 9.17) is 0 Å². The van der Waals surface area contributed by atoms with Gasteiger partial charge in [0.15, 0.2) is 5.82 Å². The summed E-state index contributed by atoms with van der Waals surface area (Å²) in [5.41, 5.74) is 3.48. The van der Waals surface area contributed by atoms with Gasteiger partial charge in [-0.2, -0.15) is 0 Å². The van der Waals surface area contributed by atoms with Crippen molar-refractivity contribution in [2.75, 3.05) is 61.8 Å². The Bertz CT molecular complexity index is 1820. The number of halogens is 2. The summed E-state index contributed by atoms with van der Waals surface area (Å²) in [6.45, 7) is 9.63. The minimum atomic E-state index is -0.485. The van der Waals surface area contributed by atoms with Crippen molar-refractivity contribution >= 4 is 35.0 Å². The molecule has 4 fully saturated rings. The van der Waals surface area contributed by atoms with Crippen LogP contribution in [0.4, 0.5) is 26.1 Å². The van der Waals surface area contributed by atoms with Gasteiger partial charge in [0, 0.05) is 61.5 Å². The summed E-state index contributed by atoms with van der Waals surface area (Å²) in [5.74, 6) is 0.0139. The van der Waals surface area contributed by atoms with Gasteiger partial charge in [-0.1, -0.05) is 44.4 Å². The molecular weight excluding hydrogens is 727 g/mol. The third-order valence-corrected chi connectivity index (χ3v) is 11.9. The fourth-order valence-electron chi connectivity index (χ4n) is 8.56. The monoisotopic (exact) mass is 786 g/mol. The second kappa shape index (κ2) is 20.2. The minimum absolute atomic E-state index is 0.181. The lowest BCUT2D eigenvalue weighted by molar-refractivity contribution is -0.137. The lowest BCUT2D eigenvalue weighted by atomic mass is 9.87. The summed E-state index contributed by atoms with van der Waals surface area (Å²) in [6, 6.07) is 12.7. The van der Waals surface area contributed by atoms with Gasteiger partial charge in [0.25, 0.3) is 0 Å². The van der Waals surface area contributed by atoms with E-state index in [1.165, 1.54) is 31.5 Å². The van der Waals surface area contributed by atoms with E-state index in [1.54, 1.807) is 0 Å². The molecule has 0 bridgehead atoms. The number of imide groups is 1. The number of carbonyl (C=O) groups is 3. The highest BCUT2D eigenvalue weighted by Crippen LogP contribution is 2.32. The summed E-state index contributed by atoms with van der Waals surface area (Å²) in [5, 5.41) is 8.70. The molecule has 3 aromatic rings. The summed E-state index contributed by atoms with van der Waals surface area (Å²) < 4.78 is 29.1. The molecule has 3 aliphatic heterocycles. The maximum Gasteiger partial charge on any atom is 0.249 e. The normalized spacial score (nSPS) is 20.0. The maximum atomic E-state index is 14.7. The Morgan fingerprint density at radius 2 is 1.65 bits per heavy atom. The molecule has 1 atom stereocenters. The molecule has 1 saturated carbocycles. The van der Waals surface area contributed by atoms with Crippen LogP contribution in [0, 0.1) is 17.6 Å². The molecule has 3 amide bonds. The Morgan fingerprint density at radius 3 is 2.33 bits per heavy atom. The molecule has 11 nitrogen and oxygen atoms in total. The molecule has 13 heteroatoms. The van der Waals surface area contributed by atoms with Gasteiger partial charge < -0.3 is 25.3 Å².